The topological polar surface area (TPSA) is 35.6 Å². The van der Waals surface area contributed by atoms with Gasteiger partial charge in [-0.2, -0.15) is 13.2 Å². The molecular formula is C16H15ClF4N4. The van der Waals surface area contributed by atoms with Gasteiger partial charge in [-0.05, 0) is 18.2 Å². The average molecular weight is 375 g/mol. The average Bonchev–Trinajstić information content (AvgIpc) is 3.16. The van der Waals surface area contributed by atoms with Crippen molar-refractivity contribution in [1.82, 2.24) is 19.1 Å². The Morgan fingerprint density at radius 1 is 1.16 bits per heavy atom. The minimum atomic E-state index is -4.74. The van der Waals surface area contributed by atoms with Gasteiger partial charge in [0, 0.05) is 30.7 Å². The largest absolute Gasteiger partial charge is 0.419 e. The van der Waals surface area contributed by atoms with Crippen molar-refractivity contribution < 1.29 is 17.6 Å². The maximum atomic E-state index is 13.4. The highest BCUT2D eigenvalue weighted by Gasteiger charge is 2.34. The van der Waals surface area contributed by atoms with Gasteiger partial charge in [-0.25, -0.2) is 14.4 Å². The van der Waals surface area contributed by atoms with Crippen LogP contribution in [0.4, 0.5) is 17.6 Å². The van der Waals surface area contributed by atoms with Crippen molar-refractivity contribution in [1.29, 1.82) is 0 Å². The van der Waals surface area contributed by atoms with E-state index in [0.717, 1.165) is 24.4 Å². The van der Waals surface area contributed by atoms with Crippen LogP contribution in [0, 0.1) is 5.82 Å². The molecule has 0 aliphatic rings. The van der Waals surface area contributed by atoms with Crippen molar-refractivity contribution >= 4 is 12.4 Å². The summed E-state index contributed by atoms with van der Waals surface area (Å²) in [6.07, 6.45) is 2.55. The molecule has 0 spiro atoms. The number of nitrogens with zero attached hydrogens (tertiary/aromatic N) is 4. The smallest absolute Gasteiger partial charge is 0.329 e. The summed E-state index contributed by atoms with van der Waals surface area (Å²) < 4.78 is 55.1. The summed E-state index contributed by atoms with van der Waals surface area (Å²) in [5.41, 5.74) is -0.428. The lowest BCUT2D eigenvalue weighted by atomic mass is 10.2. The van der Waals surface area contributed by atoms with Gasteiger partial charge in [-0.1, -0.05) is 6.92 Å². The third-order valence-corrected chi connectivity index (χ3v) is 3.64. The van der Waals surface area contributed by atoms with E-state index in [1.54, 1.807) is 12.4 Å². The Bertz CT molecular complexity index is 854. The van der Waals surface area contributed by atoms with Crippen LogP contribution in [-0.2, 0) is 19.1 Å². The van der Waals surface area contributed by atoms with Crippen molar-refractivity contribution in [2.45, 2.75) is 26.1 Å². The molecule has 0 amide bonds. The standard InChI is InChI=1S/C16H14F4N4.ClH/c1-2-15-21-5-6-23(15)8-11-9-24(10-22-11)12-3-4-14(17)13(7-12)16(18,19)20;/h3-7,9-10H,2,8H2,1H3;1H. The Hall–Kier alpha value is -2.35. The molecule has 2 aromatic heterocycles. The number of rotatable bonds is 4. The fraction of sp³-hybridized carbons (Fsp3) is 0.250. The Kier molecular flexibility index (Phi) is 5.52. The van der Waals surface area contributed by atoms with Crippen molar-refractivity contribution in [3.05, 3.63) is 66.0 Å². The van der Waals surface area contributed by atoms with Crippen LogP contribution >= 0.6 is 12.4 Å². The minimum Gasteiger partial charge on any atom is -0.329 e. The molecule has 0 radical (unpaired) electrons. The quantitative estimate of drug-likeness (QED) is 0.640. The first-order chi connectivity index (χ1) is 11.4. The molecule has 0 saturated carbocycles. The van der Waals surface area contributed by atoms with E-state index in [1.807, 2.05) is 17.7 Å². The number of hydrogen-bond donors (Lipinski definition) is 0. The lowest BCUT2D eigenvalue weighted by molar-refractivity contribution is -0.140. The summed E-state index contributed by atoms with van der Waals surface area (Å²) in [5.74, 6) is -0.400. The molecule has 0 bridgehead atoms. The second-order valence-electron chi connectivity index (χ2n) is 5.26. The van der Waals surface area contributed by atoms with Gasteiger partial charge >= 0.3 is 6.18 Å². The van der Waals surface area contributed by atoms with Crippen molar-refractivity contribution in [2.75, 3.05) is 0 Å². The summed E-state index contributed by atoms with van der Waals surface area (Å²) in [4.78, 5) is 8.40. The first-order valence-electron chi connectivity index (χ1n) is 7.28. The summed E-state index contributed by atoms with van der Waals surface area (Å²) in [6.45, 7) is 2.44. The molecule has 9 heteroatoms. The zero-order valence-electron chi connectivity index (χ0n) is 13.2. The highest BCUT2D eigenvalue weighted by Crippen LogP contribution is 2.32. The highest BCUT2D eigenvalue weighted by molar-refractivity contribution is 5.85. The Morgan fingerprint density at radius 3 is 2.60 bits per heavy atom. The predicted molar refractivity (Wildman–Crippen MR) is 86.5 cm³/mol. The molecule has 0 N–H and O–H groups in total. The van der Waals surface area contributed by atoms with E-state index in [1.165, 1.54) is 17.0 Å². The van der Waals surface area contributed by atoms with Crippen molar-refractivity contribution in [3.63, 3.8) is 0 Å². The molecule has 134 valence electrons. The second kappa shape index (κ2) is 7.26. The zero-order valence-corrected chi connectivity index (χ0v) is 14.0. The Balaban J connectivity index is 0.00000225. The van der Waals surface area contributed by atoms with Crippen molar-refractivity contribution in [3.8, 4) is 5.69 Å². The predicted octanol–water partition coefficient (Wildman–Crippen LogP) is 4.26. The second-order valence-corrected chi connectivity index (χ2v) is 5.26. The molecule has 1 aromatic carbocycles. The summed E-state index contributed by atoms with van der Waals surface area (Å²) in [7, 11) is 0. The van der Waals surface area contributed by atoms with E-state index in [0.29, 0.717) is 12.2 Å². The summed E-state index contributed by atoms with van der Waals surface area (Å²) >= 11 is 0. The molecule has 0 unspecified atom stereocenters. The molecule has 0 aliphatic heterocycles. The molecule has 0 fully saturated rings. The molecule has 3 rings (SSSR count). The zero-order chi connectivity index (χ0) is 17.3. The van der Waals surface area contributed by atoms with Gasteiger partial charge in [-0.3, -0.25) is 0 Å². The molecule has 25 heavy (non-hydrogen) atoms. The minimum absolute atomic E-state index is 0. The summed E-state index contributed by atoms with van der Waals surface area (Å²) in [5, 5.41) is 0. The number of halogens is 5. The maximum Gasteiger partial charge on any atom is 0.419 e. The van der Waals surface area contributed by atoms with E-state index in [9.17, 15) is 17.6 Å². The van der Waals surface area contributed by atoms with E-state index in [-0.39, 0.29) is 18.1 Å². The highest BCUT2D eigenvalue weighted by atomic mass is 35.5. The number of aromatic nitrogens is 4. The fourth-order valence-electron chi connectivity index (χ4n) is 2.45. The number of benzene rings is 1. The van der Waals surface area contributed by atoms with Crippen LogP contribution in [0.15, 0.2) is 43.1 Å². The van der Waals surface area contributed by atoms with Crippen LogP contribution in [0.5, 0.6) is 0 Å². The molecule has 0 atom stereocenters. The lowest BCUT2D eigenvalue weighted by Crippen LogP contribution is -2.09. The van der Waals surface area contributed by atoms with Crippen LogP contribution in [0.1, 0.15) is 24.0 Å². The number of alkyl halides is 3. The van der Waals surface area contributed by atoms with Gasteiger partial charge in [0.05, 0.1) is 24.1 Å². The number of imidazole rings is 2. The number of aryl methyl sites for hydroxylation is 1. The van der Waals surface area contributed by atoms with Crippen molar-refractivity contribution in [2.24, 2.45) is 0 Å². The van der Waals surface area contributed by atoms with Crippen LogP contribution in [-0.4, -0.2) is 19.1 Å². The molecule has 4 nitrogen and oxygen atoms in total. The number of hydrogen-bond acceptors (Lipinski definition) is 2. The van der Waals surface area contributed by atoms with Gasteiger partial charge < -0.3 is 9.13 Å². The molecular weight excluding hydrogens is 360 g/mol. The normalized spacial score (nSPS) is 11.4. The third kappa shape index (κ3) is 4.01. The fourth-order valence-corrected chi connectivity index (χ4v) is 2.45. The first kappa shape index (κ1) is 19.0. The maximum absolute atomic E-state index is 13.4. The van der Waals surface area contributed by atoms with Crippen LogP contribution in [0.2, 0.25) is 0 Å². The Morgan fingerprint density at radius 2 is 1.92 bits per heavy atom. The van der Waals surface area contributed by atoms with E-state index >= 15 is 0 Å². The molecule has 0 aliphatic carbocycles. The third-order valence-electron chi connectivity index (χ3n) is 3.64. The van der Waals surface area contributed by atoms with E-state index < -0.39 is 17.6 Å². The van der Waals surface area contributed by atoms with Gasteiger partial charge in [0.15, 0.2) is 0 Å². The monoisotopic (exact) mass is 374 g/mol. The van der Waals surface area contributed by atoms with Gasteiger partial charge in [0.2, 0.25) is 0 Å². The van der Waals surface area contributed by atoms with Crippen LogP contribution in [0.3, 0.4) is 0 Å². The molecule has 0 saturated heterocycles. The van der Waals surface area contributed by atoms with E-state index in [4.69, 9.17) is 0 Å². The van der Waals surface area contributed by atoms with E-state index in [2.05, 4.69) is 9.97 Å². The summed E-state index contributed by atoms with van der Waals surface area (Å²) in [6, 6.07) is 2.86. The molecule has 3 aromatic rings. The van der Waals surface area contributed by atoms with Gasteiger partial charge in [-0.15, -0.1) is 12.4 Å². The molecule has 2 heterocycles. The lowest BCUT2D eigenvalue weighted by Gasteiger charge is -2.10. The van der Waals surface area contributed by atoms with Gasteiger partial charge in [0.25, 0.3) is 0 Å². The van der Waals surface area contributed by atoms with Crippen LogP contribution < -0.4 is 0 Å². The SMILES string of the molecule is CCc1nccn1Cc1cn(-c2ccc(F)c(C(F)(F)F)c2)cn1.Cl. The van der Waals surface area contributed by atoms with Gasteiger partial charge in [0.1, 0.15) is 11.6 Å². The Labute approximate surface area is 147 Å². The first-order valence-corrected chi connectivity index (χ1v) is 7.28. The van der Waals surface area contributed by atoms with Crippen LogP contribution in [0.25, 0.3) is 5.69 Å².